The van der Waals surface area contributed by atoms with Gasteiger partial charge in [0.1, 0.15) is 11.4 Å². The Kier molecular flexibility index (Phi) is 8.03. The molecule has 0 aliphatic heterocycles. The fourth-order valence-electron chi connectivity index (χ4n) is 2.42. The van der Waals surface area contributed by atoms with Crippen molar-refractivity contribution in [1.29, 1.82) is 0 Å². The van der Waals surface area contributed by atoms with Gasteiger partial charge in [-0.15, -0.1) is 0 Å². The van der Waals surface area contributed by atoms with E-state index in [0.717, 1.165) is 0 Å². The quantitative estimate of drug-likeness (QED) is 0.425. The molecule has 2 aromatic rings. The minimum absolute atomic E-state index is 0. The van der Waals surface area contributed by atoms with E-state index < -0.39 is 48.7 Å². The van der Waals surface area contributed by atoms with E-state index in [9.17, 15) is 31.1 Å². The van der Waals surface area contributed by atoms with E-state index in [1.807, 2.05) is 20.8 Å². The fraction of sp³-hybridized carbons (Fsp3) is 0.316. The predicted octanol–water partition coefficient (Wildman–Crippen LogP) is 3.05. The van der Waals surface area contributed by atoms with Crippen molar-refractivity contribution in [2.45, 2.75) is 38.7 Å². The average molecular weight is 429 g/mol. The first-order chi connectivity index (χ1) is 12.7. The summed E-state index contributed by atoms with van der Waals surface area (Å²) in [5.41, 5.74) is -6.24. The van der Waals surface area contributed by atoms with Crippen LogP contribution < -0.4 is 28.9 Å². The topological polar surface area (TPSA) is 26.3 Å². The van der Waals surface area contributed by atoms with Crippen molar-refractivity contribution in [3.05, 3.63) is 59.2 Å². The van der Waals surface area contributed by atoms with Gasteiger partial charge in [-0.1, -0.05) is 18.2 Å². The van der Waals surface area contributed by atoms with Crippen molar-refractivity contribution < 1.29 is 54.7 Å². The summed E-state index contributed by atoms with van der Waals surface area (Å²) < 4.78 is 84.8. The molecule has 0 aliphatic carbocycles. The van der Waals surface area contributed by atoms with Gasteiger partial charge in [-0.25, -0.2) is 0 Å². The molecule has 0 saturated carbocycles. The minimum Gasteiger partial charge on any atom is -0.488 e. The summed E-state index contributed by atoms with van der Waals surface area (Å²) in [5.74, 6) is 0.472. The molecule has 0 radical (unpaired) electrons. The SMILES string of the molecule is CC(C)(C)Oc1ccc(PC(=O)c2c(C(F)(F)F)cccc2C(F)(F)F)cc1.[Li+]. The van der Waals surface area contributed by atoms with Crippen molar-refractivity contribution in [3.63, 3.8) is 0 Å². The van der Waals surface area contributed by atoms with Gasteiger partial charge in [0, 0.05) is 5.56 Å². The second-order valence-electron chi connectivity index (χ2n) is 6.92. The van der Waals surface area contributed by atoms with Gasteiger partial charge < -0.3 is 4.74 Å². The zero-order valence-corrected chi connectivity index (χ0v) is 17.1. The van der Waals surface area contributed by atoms with E-state index in [1.165, 1.54) is 24.3 Å². The van der Waals surface area contributed by atoms with Crippen molar-refractivity contribution in [2.75, 3.05) is 0 Å². The average Bonchev–Trinajstić information content (AvgIpc) is 2.53. The van der Waals surface area contributed by atoms with Gasteiger partial charge in [0.2, 0.25) is 0 Å². The zero-order valence-electron chi connectivity index (χ0n) is 16.1. The molecule has 1 unspecified atom stereocenters. The van der Waals surface area contributed by atoms with Gasteiger partial charge >= 0.3 is 31.2 Å². The van der Waals surface area contributed by atoms with Gasteiger partial charge in [0.15, 0.2) is 5.52 Å². The third kappa shape index (κ3) is 7.06. The molecule has 0 heterocycles. The van der Waals surface area contributed by atoms with Crippen LogP contribution in [0.2, 0.25) is 0 Å². The first kappa shape index (κ1) is 25.6. The third-order valence-corrected chi connectivity index (χ3v) is 4.54. The van der Waals surface area contributed by atoms with Crippen LogP contribution in [-0.2, 0) is 12.4 Å². The number of hydrogen-bond donors (Lipinski definition) is 0. The molecule has 0 saturated heterocycles. The van der Waals surface area contributed by atoms with Crippen LogP contribution >= 0.6 is 8.58 Å². The van der Waals surface area contributed by atoms with E-state index >= 15 is 0 Å². The van der Waals surface area contributed by atoms with E-state index in [1.54, 1.807) is 0 Å². The molecule has 152 valence electrons. The third-order valence-electron chi connectivity index (χ3n) is 3.44. The molecule has 2 nitrogen and oxygen atoms in total. The molecule has 0 N–H and O–H groups in total. The molecule has 0 bridgehead atoms. The molecule has 10 heteroatoms. The molecular formula is C19H17F6LiO2P+. The standard InChI is InChI=1S/C19H17F6O2P.Li/c1-17(2,3)27-11-7-9-12(10-8-11)28-16(26)15-13(18(20,21)22)5-4-6-14(15)19(23,24)25;/h4-10,28H,1-3H3;/q;+1. The number of rotatable bonds is 4. The first-order valence-electron chi connectivity index (χ1n) is 8.06. The maximum Gasteiger partial charge on any atom is 1.00 e. The van der Waals surface area contributed by atoms with Gasteiger partial charge in [-0.3, -0.25) is 4.79 Å². The molecule has 29 heavy (non-hydrogen) atoms. The molecule has 1 atom stereocenters. The molecule has 0 spiro atoms. The van der Waals surface area contributed by atoms with E-state index in [0.29, 0.717) is 29.3 Å². The minimum atomic E-state index is -5.08. The normalized spacial score (nSPS) is 12.7. The summed E-state index contributed by atoms with van der Waals surface area (Å²) >= 11 is 0. The Labute approximate surface area is 178 Å². The molecule has 0 aliphatic rings. The molecule has 0 amide bonds. The van der Waals surface area contributed by atoms with E-state index in [-0.39, 0.29) is 18.9 Å². The zero-order chi connectivity index (χ0) is 21.3. The smallest absolute Gasteiger partial charge is 0.488 e. The number of alkyl halides is 6. The molecule has 2 aromatic carbocycles. The number of hydrogen-bond acceptors (Lipinski definition) is 2. The first-order valence-corrected chi connectivity index (χ1v) is 9.06. The summed E-state index contributed by atoms with van der Waals surface area (Å²) in [5, 5.41) is 0.302. The summed E-state index contributed by atoms with van der Waals surface area (Å²) in [6.45, 7) is 5.46. The summed E-state index contributed by atoms with van der Waals surface area (Å²) in [6.07, 6.45) is -10.2. The van der Waals surface area contributed by atoms with Crippen LogP contribution in [0.5, 0.6) is 5.75 Å². The monoisotopic (exact) mass is 429 g/mol. The van der Waals surface area contributed by atoms with Gasteiger partial charge in [-0.2, -0.15) is 26.3 Å². The Bertz CT molecular complexity index is 823. The molecular weight excluding hydrogens is 412 g/mol. The Hall–Kier alpha value is -1.48. The van der Waals surface area contributed by atoms with Crippen LogP contribution in [0.25, 0.3) is 0 Å². The van der Waals surface area contributed by atoms with Crippen molar-refractivity contribution >= 4 is 19.4 Å². The molecule has 0 aromatic heterocycles. The number of halogens is 6. The molecule has 0 fully saturated rings. The van der Waals surface area contributed by atoms with Crippen LogP contribution in [0.15, 0.2) is 42.5 Å². The summed E-state index contributed by atoms with van der Waals surface area (Å²) in [6, 6.07) is 7.52. The fourth-order valence-corrected chi connectivity index (χ4v) is 3.41. The van der Waals surface area contributed by atoms with Crippen molar-refractivity contribution in [2.24, 2.45) is 0 Å². The molecule has 2 rings (SSSR count). The van der Waals surface area contributed by atoms with Gasteiger partial charge in [-0.05, 0) is 58.9 Å². The van der Waals surface area contributed by atoms with Crippen LogP contribution in [0.3, 0.4) is 0 Å². The largest absolute Gasteiger partial charge is 1.00 e. The maximum absolute atomic E-state index is 13.2. The second kappa shape index (κ2) is 9.12. The summed E-state index contributed by atoms with van der Waals surface area (Å²) in [4.78, 5) is 12.4. The number of carbonyl (C=O) groups is 1. The van der Waals surface area contributed by atoms with Gasteiger partial charge in [0.25, 0.3) is 0 Å². The number of ether oxygens (including phenoxy) is 1. The van der Waals surface area contributed by atoms with Crippen LogP contribution in [0, 0.1) is 0 Å². The number of carbonyl (C=O) groups excluding carboxylic acids is 1. The predicted molar refractivity (Wildman–Crippen MR) is 95.5 cm³/mol. The van der Waals surface area contributed by atoms with Crippen LogP contribution in [0.4, 0.5) is 26.3 Å². The number of benzene rings is 2. The Morgan fingerprint density at radius 3 is 1.66 bits per heavy atom. The Balaban J connectivity index is 0.00000420. The van der Waals surface area contributed by atoms with Crippen LogP contribution in [-0.4, -0.2) is 11.1 Å². The van der Waals surface area contributed by atoms with E-state index in [4.69, 9.17) is 4.74 Å². The second-order valence-corrected chi connectivity index (χ2v) is 8.20. The van der Waals surface area contributed by atoms with Gasteiger partial charge in [0.05, 0.1) is 11.1 Å². The van der Waals surface area contributed by atoms with E-state index in [2.05, 4.69) is 0 Å². The van der Waals surface area contributed by atoms with Crippen molar-refractivity contribution in [3.8, 4) is 5.75 Å². The van der Waals surface area contributed by atoms with Crippen LogP contribution in [0.1, 0.15) is 42.3 Å². The van der Waals surface area contributed by atoms with Crippen molar-refractivity contribution in [1.82, 2.24) is 0 Å². The summed E-state index contributed by atoms with van der Waals surface area (Å²) in [7, 11) is -0.903. The maximum atomic E-state index is 13.2. The Morgan fingerprint density at radius 2 is 1.28 bits per heavy atom. The Morgan fingerprint density at radius 1 is 0.828 bits per heavy atom.